The molecule has 3 aliphatic rings. The molecule has 0 bridgehead atoms. The van der Waals surface area contributed by atoms with Gasteiger partial charge in [-0.3, -0.25) is 19.0 Å². The van der Waals surface area contributed by atoms with Crippen molar-refractivity contribution < 1.29 is 9.18 Å². The highest BCUT2D eigenvalue weighted by molar-refractivity contribution is 5.81. The van der Waals surface area contributed by atoms with E-state index in [9.17, 15) is 18.8 Å². The second-order valence-corrected chi connectivity index (χ2v) is 8.36. The number of carbonyl (C=O) groups excluding carboxylic acids is 1. The number of carbonyl (C=O) groups is 1. The Hall–Kier alpha value is -2.77. The van der Waals surface area contributed by atoms with E-state index < -0.39 is 11.1 Å². The maximum atomic E-state index is 13.1. The van der Waals surface area contributed by atoms with Crippen LogP contribution in [0.2, 0.25) is 0 Å². The lowest BCUT2D eigenvalue weighted by Crippen LogP contribution is -2.43. The number of hydrogen-bond donors (Lipinski definition) is 0. The van der Waals surface area contributed by atoms with Crippen LogP contribution in [-0.2, 0) is 24.3 Å². The number of benzene rings is 1. The van der Waals surface area contributed by atoms with E-state index in [4.69, 9.17) is 0 Å². The fourth-order valence-electron chi connectivity index (χ4n) is 4.46. The van der Waals surface area contributed by atoms with E-state index in [-0.39, 0.29) is 29.6 Å². The number of amides is 1. The van der Waals surface area contributed by atoms with Crippen LogP contribution in [0.15, 0.2) is 33.9 Å². The summed E-state index contributed by atoms with van der Waals surface area (Å²) in [5.74, 6) is 0.647. The third-order valence-corrected chi connectivity index (χ3v) is 6.16. The zero-order valence-corrected chi connectivity index (χ0v) is 15.4. The van der Waals surface area contributed by atoms with Crippen molar-refractivity contribution in [2.24, 2.45) is 11.3 Å². The lowest BCUT2D eigenvalue weighted by Gasteiger charge is -2.22. The lowest BCUT2D eigenvalue weighted by molar-refractivity contribution is -0.131. The van der Waals surface area contributed by atoms with Gasteiger partial charge in [-0.1, -0.05) is 12.1 Å². The van der Waals surface area contributed by atoms with Crippen molar-refractivity contribution in [2.45, 2.75) is 38.8 Å². The molecular formula is C20H21FN4O3. The predicted molar refractivity (Wildman–Crippen MR) is 98.3 cm³/mol. The Morgan fingerprint density at radius 2 is 1.89 bits per heavy atom. The smallest absolute Gasteiger partial charge is 0.332 e. The molecular weight excluding hydrogens is 363 g/mol. The summed E-state index contributed by atoms with van der Waals surface area (Å²) in [5.41, 5.74) is -0.745. The van der Waals surface area contributed by atoms with Crippen molar-refractivity contribution in [1.82, 2.24) is 19.2 Å². The first kappa shape index (κ1) is 17.3. The summed E-state index contributed by atoms with van der Waals surface area (Å²) in [6, 6.07) is 5.79. The molecule has 1 amide bonds. The molecule has 1 saturated heterocycles. The maximum Gasteiger partial charge on any atom is 0.332 e. The van der Waals surface area contributed by atoms with Crippen molar-refractivity contribution in [2.75, 3.05) is 13.1 Å². The van der Waals surface area contributed by atoms with E-state index in [1.807, 2.05) is 4.90 Å². The minimum absolute atomic E-state index is 0.126. The molecule has 1 atom stereocenters. The highest BCUT2D eigenvalue weighted by Crippen LogP contribution is 2.41. The Kier molecular flexibility index (Phi) is 3.79. The van der Waals surface area contributed by atoms with Crippen molar-refractivity contribution in [3.8, 4) is 0 Å². The van der Waals surface area contributed by atoms with E-state index in [0.29, 0.717) is 37.4 Å². The first-order valence-corrected chi connectivity index (χ1v) is 9.68. The molecule has 0 N–H and O–H groups in total. The van der Waals surface area contributed by atoms with Gasteiger partial charge in [-0.25, -0.2) is 9.07 Å². The topological polar surface area (TPSA) is 77.2 Å². The largest absolute Gasteiger partial charge is 0.342 e. The van der Waals surface area contributed by atoms with Gasteiger partial charge >= 0.3 is 11.1 Å². The molecule has 5 rings (SSSR count). The Bertz CT molecular complexity index is 1070. The molecule has 1 spiro atoms. The fourth-order valence-corrected chi connectivity index (χ4v) is 4.46. The SMILES string of the molecule is O=C(C1CC1)N1CC[C@@]2(Cc3nn(Cc4ccc(F)cc4)c(=O)c(=O)n3C2)C1. The molecule has 2 aromatic rings. The van der Waals surface area contributed by atoms with Crippen LogP contribution in [0, 0.1) is 17.2 Å². The molecule has 1 saturated carbocycles. The van der Waals surface area contributed by atoms with Crippen molar-refractivity contribution in [1.29, 1.82) is 0 Å². The standard InChI is InChI=1S/C20H21FN4O3/c21-15-5-1-13(2-6-15)10-25-19(28)18(27)24-12-20(9-16(24)22-25)7-8-23(11-20)17(26)14-3-4-14/h1-2,5-6,14H,3-4,7-12H2/t20-/m1/s1. The summed E-state index contributed by atoms with van der Waals surface area (Å²) >= 11 is 0. The minimum atomic E-state index is -0.672. The first-order chi connectivity index (χ1) is 13.4. The van der Waals surface area contributed by atoms with Gasteiger partial charge in [0.25, 0.3) is 0 Å². The number of aromatic nitrogens is 3. The average molecular weight is 384 g/mol. The molecule has 7 nitrogen and oxygen atoms in total. The monoisotopic (exact) mass is 384 g/mol. The number of likely N-dealkylation sites (tertiary alicyclic amines) is 1. The predicted octanol–water partition coefficient (Wildman–Crippen LogP) is 0.777. The Labute approximate surface area is 160 Å². The summed E-state index contributed by atoms with van der Waals surface area (Å²) in [7, 11) is 0. The van der Waals surface area contributed by atoms with E-state index in [0.717, 1.165) is 19.3 Å². The number of hydrogen-bond acceptors (Lipinski definition) is 4. The van der Waals surface area contributed by atoms with Crippen LogP contribution in [0.5, 0.6) is 0 Å². The van der Waals surface area contributed by atoms with Crippen LogP contribution in [0.4, 0.5) is 4.39 Å². The van der Waals surface area contributed by atoms with Gasteiger partial charge in [0.1, 0.15) is 11.6 Å². The van der Waals surface area contributed by atoms with Gasteiger partial charge in [-0.2, -0.15) is 5.10 Å². The molecule has 146 valence electrons. The minimum Gasteiger partial charge on any atom is -0.342 e. The molecule has 0 radical (unpaired) electrons. The first-order valence-electron chi connectivity index (χ1n) is 9.68. The molecule has 2 fully saturated rings. The van der Waals surface area contributed by atoms with Crippen LogP contribution < -0.4 is 11.1 Å². The van der Waals surface area contributed by atoms with E-state index in [2.05, 4.69) is 5.10 Å². The maximum absolute atomic E-state index is 13.1. The van der Waals surface area contributed by atoms with Crippen LogP contribution in [0.1, 0.15) is 30.7 Å². The van der Waals surface area contributed by atoms with Gasteiger partial charge in [0.15, 0.2) is 0 Å². The van der Waals surface area contributed by atoms with Crippen LogP contribution in [0.3, 0.4) is 0 Å². The summed E-state index contributed by atoms with van der Waals surface area (Å²) in [5, 5.41) is 4.44. The normalized spacial score (nSPS) is 23.4. The van der Waals surface area contributed by atoms with Gasteiger partial charge < -0.3 is 4.90 Å². The van der Waals surface area contributed by atoms with Gasteiger partial charge in [-0.15, -0.1) is 0 Å². The second-order valence-electron chi connectivity index (χ2n) is 8.36. The number of fused-ring (bicyclic) bond motifs is 1. The summed E-state index contributed by atoms with van der Waals surface area (Å²) in [6.07, 6.45) is 3.36. The van der Waals surface area contributed by atoms with Crippen LogP contribution in [-0.4, -0.2) is 38.2 Å². The molecule has 0 unspecified atom stereocenters. The van der Waals surface area contributed by atoms with Crippen molar-refractivity contribution >= 4 is 5.91 Å². The highest BCUT2D eigenvalue weighted by Gasteiger charge is 2.47. The number of rotatable bonds is 3. The Balaban J connectivity index is 1.41. The number of nitrogens with zero attached hydrogens (tertiary/aromatic N) is 4. The molecule has 1 aliphatic carbocycles. The molecule has 28 heavy (non-hydrogen) atoms. The average Bonchev–Trinajstić information content (AvgIpc) is 3.36. The van der Waals surface area contributed by atoms with E-state index >= 15 is 0 Å². The second kappa shape index (κ2) is 6.12. The van der Waals surface area contributed by atoms with Crippen molar-refractivity contribution in [3.63, 3.8) is 0 Å². The van der Waals surface area contributed by atoms with Crippen LogP contribution in [0.25, 0.3) is 0 Å². The van der Waals surface area contributed by atoms with E-state index in [1.54, 1.807) is 12.1 Å². The van der Waals surface area contributed by atoms with Gasteiger partial charge in [-0.05, 0) is 37.0 Å². The third-order valence-electron chi connectivity index (χ3n) is 6.16. The molecule has 1 aromatic heterocycles. The fraction of sp³-hybridized carbons (Fsp3) is 0.500. The van der Waals surface area contributed by atoms with Crippen molar-refractivity contribution in [3.05, 3.63) is 62.2 Å². The molecule has 3 heterocycles. The zero-order valence-electron chi connectivity index (χ0n) is 15.4. The molecule has 1 aromatic carbocycles. The Morgan fingerprint density at radius 3 is 2.61 bits per heavy atom. The van der Waals surface area contributed by atoms with E-state index in [1.165, 1.54) is 21.4 Å². The number of halogens is 1. The van der Waals surface area contributed by atoms with Gasteiger partial charge in [0, 0.05) is 37.4 Å². The highest BCUT2D eigenvalue weighted by atomic mass is 19.1. The third kappa shape index (κ3) is 2.87. The summed E-state index contributed by atoms with van der Waals surface area (Å²) in [4.78, 5) is 39.4. The summed E-state index contributed by atoms with van der Waals surface area (Å²) < 4.78 is 15.7. The van der Waals surface area contributed by atoms with Gasteiger partial charge in [0.05, 0.1) is 6.54 Å². The zero-order chi connectivity index (χ0) is 19.5. The molecule has 2 aliphatic heterocycles. The van der Waals surface area contributed by atoms with Crippen LogP contribution >= 0.6 is 0 Å². The quantitative estimate of drug-likeness (QED) is 0.733. The lowest BCUT2D eigenvalue weighted by atomic mass is 9.86. The Morgan fingerprint density at radius 1 is 1.14 bits per heavy atom. The summed E-state index contributed by atoms with van der Waals surface area (Å²) in [6.45, 7) is 1.89. The molecule has 8 heteroatoms. The van der Waals surface area contributed by atoms with Gasteiger partial charge in [0.2, 0.25) is 5.91 Å².